The summed E-state index contributed by atoms with van der Waals surface area (Å²) in [7, 11) is 0. The Bertz CT molecular complexity index is 170. The molecule has 0 saturated heterocycles. The number of alkyl halides is 2. The van der Waals surface area contributed by atoms with E-state index < -0.39 is 6.43 Å². The van der Waals surface area contributed by atoms with E-state index in [4.69, 9.17) is 5.11 Å². The van der Waals surface area contributed by atoms with Crippen molar-refractivity contribution in [3.05, 3.63) is 0 Å². The Morgan fingerprint density at radius 3 is 2.33 bits per heavy atom. The van der Waals surface area contributed by atoms with Gasteiger partial charge in [0, 0.05) is 12.6 Å². The maximum absolute atomic E-state index is 12.3. The van der Waals surface area contributed by atoms with Crippen LogP contribution in [0.5, 0.6) is 0 Å². The Morgan fingerprint density at radius 1 is 1.27 bits per heavy atom. The van der Waals surface area contributed by atoms with E-state index in [1.165, 1.54) is 0 Å². The van der Waals surface area contributed by atoms with E-state index in [1.54, 1.807) is 4.90 Å². The lowest BCUT2D eigenvalue weighted by Gasteiger charge is -2.35. The third-order valence-corrected chi connectivity index (χ3v) is 3.26. The second kappa shape index (κ2) is 6.38. The summed E-state index contributed by atoms with van der Waals surface area (Å²) >= 11 is 0. The van der Waals surface area contributed by atoms with Crippen molar-refractivity contribution in [3.8, 4) is 0 Å². The maximum Gasteiger partial charge on any atom is 0.251 e. The number of halogens is 2. The van der Waals surface area contributed by atoms with Crippen LogP contribution >= 0.6 is 0 Å². The van der Waals surface area contributed by atoms with Gasteiger partial charge in [-0.1, -0.05) is 6.92 Å². The SMILES string of the molecule is CC1CCC(N(CCO)CC(F)F)CC1. The van der Waals surface area contributed by atoms with Crippen LogP contribution in [0.4, 0.5) is 8.78 Å². The minimum atomic E-state index is -2.30. The van der Waals surface area contributed by atoms with Crippen molar-refractivity contribution in [2.24, 2.45) is 5.92 Å². The summed E-state index contributed by atoms with van der Waals surface area (Å²) in [5.74, 6) is 0.726. The van der Waals surface area contributed by atoms with Crippen LogP contribution in [0.3, 0.4) is 0 Å². The first-order valence-corrected chi connectivity index (χ1v) is 5.76. The third kappa shape index (κ3) is 4.43. The first-order valence-electron chi connectivity index (χ1n) is 5.76. The van der Waals surface area contributed by atoms with Gasteiger partial charge < -0.3 is 5.11 Å². The van der Waals surface area contributed by atoms with Gasteiger partial charge in [-0.25, -0.2) is 8.78 Å². The van der Waals surface area contributed by atoms with Gasteiger partial charge in [-0.3, -0.25) is 4.90 Å². The molecule has 2 nitrogen and oxygen atoms in total. The number of hydrogen-bond donors (Lipinski definition) is 1. The molecule has 15 heavy (non-hydrogen) atoms. The van der Waals surface area contributed by atoms with Crippen molar-refractivity contribution in [1.82, 2.24) is 4.90 Å². The second-order valence-electron chi connectivity index (χ2n) is 4.52. The fraction of sp³-hybridized carbons (Fsp3) is 1.00. The molecular formula is C11H21F2NO. The van der Waals surface area contributed by atoms with E-state index >= 15 is 0 Å². The Hall–Kier alpha value is -0.220. The zero-order valence-corrected chi connectivity index (χ0v) is 9.33. The van der Waals surface area contributed by atoms with Gasteiger partial charge in [-0.05, 0) is 31.6 Å². The Kier molecular flexibility index (Phi) is 5.47. The minimum Gasteiger partial charge on any atom is -0.395 e. The normalized spacial score (nSPS) is 27.6. The first kappa shape index (κ1) is 12.8. The predicted octanol–water partition coefficient (Wildman–Crippen LogP) is 2.12. The van der Waals surface area contributed by atoms with Gasteiger partial charge in [0.05, 0.1) is 13.2 Å². The van der Waals surface area contributed by atoms with Crippen molar-refractivity contribution in [1.29, 1.82) is 0 Å². The molecule has 1 aliphatic carbocycles. The van der Waals surface area contributed by atoms with Crippen molar-refractivity contribution in [2.75, 3.05) is 19.7 Å². The van der Waals surface area contributed by atoms with E-state index in [-0.39, 0.29) is 19.2 Å². The smallest absolute Gasteiger partial charge is 0.251 e. The van der Waals surface area contributed by atoms with Crippen LogP contribution in [0.2, 0.25) is 0 Å². The molecule has 0 amide bonds. The molecule has 1 saturated carbocycles. The van der Waals surface area contributed by atoms with Crippen LogP contribution in [0.1, 0.15) is 32.6 Å². The zero-order chi connectivity index (χ0) is 11.3. The minimum absolute atomic E-state index is 0.0290. The van der Waals surface area contributed by atoms with Crippen molar-refractivity contribution >= 4 is 0 Å². The van der Waals surface area contributed by atoms with Gasteiger partial charge in [0.2, 0.25) is 0 Å². The Morgan fingerprint density at radius 2 is 1.87 bits per heavy atom. The van der Waals surface area contributed by atoms with Gasteiger partial charge in [-0.15, -0.1) is 0 Å². The van der Waals surface area contributed by atoms with Crippen LogP contribution in [-0.2, 0) is 0 Å². The summed E-state index contributed by atoms with van der Waals surface area (Å²) < 4.78 is 24.6. The van der Waals surface area contributed by atoms with Gasteiger partial charge in [0.15, 0.2) is 0 Å². The number of aliphatic hydroxyl groups is 1. The predicted molar refractivity (Wildman–Crippen MR) is 56.1 cm³/mol. The van der Waals surface area contributed by atoms with Crippen LogP contribution in [-0.4, -0.2) is 42.2 Å². The van der Waals surface area contributed by atoms with Gasteiger partial charge in [0.25, 0.3) is 6.43 Å². The summed E-state index contributed by atoms with van der Waals surface area (Å²) in [6, 6.07) is 0.252. The lowest BCUT2D eigenvalue weighted by molar-refractivity contribution is 0.0400. The molecule has 1 fully saturated rings. The van der Waals surface area contributed by atoms with E-state index in [9.17, 15) is 8.78 Å². The molecule has 0 heterocycles. The number of nitrogens with zero attached hydrogens (tertiary/aromatic N) is 1. The van der Waals surface area contributed by atoms with Crippen LogP contribution < -0.4 is 0 Å². The monoisotopic (exact) mass is 221 g/mol. The van der Waals surface area contributed by atoms with Crippen LogP contribution in [0, 0.1) is 5.92 Å². The van der Waals surface area contributed by atoms with Gasteiger partial charge >= 0.3 is 0 Å². The molecule has 1 N–H and O–H groups in total. The molecule has 1 aliphatic rings. The molecule has 0 radical (unpaired) electrons. The summed E-state index contributed by atoms with van der Waals surface area (Å²) in [5.41, 5.74) is 0. The molecule has 0 aliphatic heterocycles. The average Bonchev–Trinajstić information content (AvgIpc) is 2.17. The molecule has 0 aromatic carbocycles. The zero-order valence-electron chi connectivity index (χ0n) is 9.33. The van der Waals surface area contributed by atoms with Crippen molar-refractivity contribution in [3.63, 3.8) is 0 Å². The molecule has 4 heteroatoms. The lowest BCUT2D eigenvalue weighted by atomic mass is 9.86. The van der Waals surface area contributed by atoms with E-state index in [2.05, 4.69) is 6.92 Å². The van der Waals surface area contributed by atoms with Crippen LogP contribution in [0.25, 0.3) is 0 Å². The molecule has 0 aromatic rings. The highest BCUT2D eigenvalue weighted by atomic mass is 19.3. The van der Waals surface area contributed by atoms with E-state index in [0.717, 1.165) is 31.6 Å². The van der Waals surface area contributed by atoms with E-state index in [0.29, 0.717) is 6.54 Å². The molecule has 0 atom stereocenters. The number of aliphatic hydroxyl groups excluding tert-OH is 1. The first-order chi connectivity index (χ1) is 7.13. The third-order valence-electron chi connectivity index (χ3n) is 3.26. The number of rotatable bonds is 5. The van der Waals surface area contributed by atoms with Gasteiger partial charge in [-0.2, -0.15) is 0 Å². The maximum atomic E-state index is 12.3. The van der Waals surface area contributed by atoms with Crippen molar-refractivity contribution in [2.45, 2.75) is 45.1 Å². The molecular weight excluding hydrogens is 200 g/mol. The van der Waals surface area contributed by atoms with Crippen LogP contribution in [0.15, 0.2) is 0 Å². The highest BCUT2D eigenvalue weighted by Crippen LogP contribution is 2.27. The van der Waals surface area contributed by atoms with E-state index in [1.807, 2.05) is 0 Å². The average molecular weight is 221 g/mol. The topological polar surface area (TPSA) is 23.5 Å². The highest BCUT2D eigenvalue weighted by molar-refractivity contribution is 4.78. The molecule has 1 rings (SSSR count). The Balaban J connectivity index is 2.40. The highest BCUT2D eigenvalue weighted by Gasteiger charge is 2.25. The summed E-state index contributed by atoms with van der Waals surface area (Å²) in [6.07, 6.45) is 1.93. The standard InChI is InChI=1S/C11H21F2NO/c1-9-2-4-10(5-3-9)14(6-7-15)8-11(12)13/h9-11,15H,2-8H2,1H3. The fourth-order valence-electron chi connectivity index (χ4n) is 2.34. The summed E-state index contributed by atoms with van der Waals surface area (Å²) in [6.45, 7) is 2.36. The summed E-state index contributed by atoms with van der Waals surface area (Å²) in [4.78, 5) is 1.75. The summed E-state index contributed by atoms with van der Waals surface area (Å²) in [5, 5.41) is 8.85. The molecule has 0 spiro atoms. The molecule has 0 bridgehead atoms. The second-order valence-corrected chi connectivity index (χ2v) is 4.52. The molecule has 0 aromatic heterocycles. The quantitative estimate of drug-likeness (QED) is 0.768. The number of hydrogen-bond acceptors (Lipinski definition) is 2. The van der Waals surface area contributed by atoms with Gasteiger partial charge in [0.1, 0.15) is 0 Å². The lowest BCUT2D eigenvalue weighted by Crippen LogP contribution is -2.42. The fourth-order valence-corrected chi connectivity index (χ4v) is 2.34. The molecule has 0 unspecified atom stereocenters. The largest absolute Gasteiger partial charge is 0.395 e. The van der Waals surface area contributed by atoms with Crippen molar-refractivity contribution < 1.29 is 13.9 Å². The molecule has 90 valence electrons. The Labute approximate surface area is 90.3 Å².